The molecule has 12 rings (SSSR count). The summed E-state index contributed by atoms with van der Waals surface area (Å²) in [4.78, 5) is 73.7. The molecule has 0 amide bonds. The number of likely N-dealkylation sites (N-methyl/N-ethyl adjacent to an activating group) is 4. The van der Waals surface area contributed by atoms with Crippen molar-refractivity contribution in [3.8, 4) is 47.3 Å². The Bertz CT molecular complexity index is 8820. The Labute approximate surface area is 825 Å². The summed E-state index contributed by atoms with van der Waals surface area (Å²) >= 11 is 0. The molecule has 0 saturated carbocycles. The number of ether oxygens (including phenoxy) is 4. The summed E-state index contributed by atoms with van der Waals surface area (Å²) in [6.45, 7) is -7.14. The Morgan fingerprint density at radius 1 is 0.386 bits per heavy atom. The van der Waals surface area contributed by atoms with E-state index < -0.39 is 377 Å². The topological polar surface area (TPSA) is 313 Å². The van der Waals surface area contributed by atoms with Gasteiger partial charge in [-0.1, -0.05) is 24.3 Å². The smallest absolute Gasteiger partial charge is 0.159 e. The van der Waals surface area contributed by atoms with Crippen LogP contribution in [0.15, 0.2) is 194 Å². The Morgan fingerprint density at radius 2 is 0.636 bits per heavy atom. The van der Waals surface area contributed by atoms with Gasteiger partial charge in [0.1, 0.15) is 70.5 Å². The summed E-state index contributed by atoms with van der Waals surface area (Å²) in [7, 11) is 12.4. The van der Waals surface area contributed by atoms with Crippen molar-refractivity contribution >= 4 is 112 Å². The van der Waals surface area contributed by atoms with E-state index in [1.807, 2.05) is 0 Å². The number of hydrogen-bond acceptors (Lipinski definition) is 24. The standard InChI is InChI=1S/4C26H27FN4O2/c4*1-5-33-25-14-24-22(13-18(25)12-21(32)7-6-10-31(3)4)26(19(15-28)16-29-24)30-20-8-9-23(27)17(2)11-20/h4*6-9,11,13-14,16H,5,10,12H2,1-4H3,(H,29,30)/b4*7-6+/i5D2,7D,8D,9D,10D2,11D,13D,14D,16D;1D3,5D2,7D,8D,9D,11D,13D,14D,16D;7D,8D,9D,10D2,11D,13D,14D,16D;5D2,7D,8D,9D,11D,13D,14D,16D. The van der Waals surface area contributed by atoms with Gasteiger partial charge in [0.15, 0.2) is 23.1 Å². The SMILES string of the molecule is [2H]/C(=C\C([2H])([2H])N(C)C)C(=O)Cc1c(OC([2H])([2H])C)c([2H])c2nc([2H])c(C#N)c(Nc3c([2H])c([2H])c(F)c(C)c3[2H])c2c1[2H].[2H]/C(=C\C([2H])([2H])N(C)C)C(=O)Cc1c(OCC)c([2H])c2nc([2H])c(C#N)c(Nc3c([2H])c([2H])c(F)c(C)c3[2H])c2c1[2H].[2H]/C(=C\CN(C)C)C(=O)Cc1c(OC([2H])([2H])C([2H])([2H])[2H])c([2H])c2nc([2H])c(C#N)c(Nc3c([2H])c([2H])c(F)c(C)c3[2H])c2c1[2H].[2H]/C(=C\CN(C)C)C(=O)Cc1c(OC([2H])([2H])C)c([2H])c2nc([2H])c(C#N)c(Nc3c([2H])c([2H])c(F)c(C)c3[2H])c2c1[2H]. The van der Waals surface area contributed by atoms with E-state index in [0.717, 1.165) is 35.8 Å². The number of carbonyl (C=O) groups excluding carboxylic acids is 4. The van der Waals surface area contributed by atoms with Gasteiger partial charge in [0.05, 0.1) is 140 Å². The average molecular weight is 1830 g/mol. The molecule has 0 bridgehead atoms. The number of carbonyl (C=O) groups is 4. The molecule has 0 aliphatic carbocycles. The van der Waals surface area contributed by atoms with Crippen LogP contribution in [0.3, 0.4) is 0 Å². The lowest BCUT2D eigenvalue weighted by Crippen LogP contribution is -2.11. The third kappa shape index (κ3) is 28.5. The van der Waals surface area contributed by atoms with E-state index >= 15 is 0 Å². The van der Waals surface area contributed by atoms with Gasteiger partial charge in [-0.25, -0.2) is 17.6 Å². The number of nitrogens with zero attached hydrogens (tertiary/aromatic N) is 12. The molecule has 0 spiro atoms. The maximum Gasteiger partial charge on any atom is 0.159 e. The van der Waals surface area contributed by atoms with Crippen molar-refractivity contribution in [3.63, 3.8) is 0 Å². The van der Waals surface area contributed by atoms with Crippen LogP contribution in [0.5, 0.6) is 23.0 Å². The molecule has 0 unspecified atom stereocenters. The van der Waals surface area contributed by atoms with Crippen LogP contribution >= 0.6 is 0 Å². The maximum atomic E-state index is 14.4. The minimum atomic E-state index is -3.45. The zero-order chi connectivity index (χ0) is 132. The van der Waals surface area contributed by atoms with Crippen molar-refractivity contribution in [3.05, 3.63) is 284 Å². The lowest BCUT2D eigenvalue weighted by atomic mass is 10.0. The van der Waals surface area contributed by atoms with Crippen molar-refractivity contribution in [2.24, 2.45) is 0 Å². The van der Waals surface area contributed by atoms with Crippen LogP contribution in [0, 0.1) is 96.3 Å². The molecule has 4 N–H and O–H groups in total. The van der Waals surface area contributed by atoms with Crippen LogP contribution in [0.4, 0.5) is 63.1 Å². The number of halogens is 4. The third-order valence-electron chi connectivity index (χ3n) is 17.1. The molecule has 24 nitrogen and oxygen atoms in total. The number of pyridine rings is 4. The number of ketones is 4. The molecular weight excluding hydrogens is 1680 g/mol. The molecule has 0 fully saturated rings. The fourth-order valence-corrected chi connectivity index (χ4v) is 11.1. The highest BCUT2D eigenvalue weighted by atomic mass is 19.1. The van der Waals surface area contributed by atoms with Crippen molar-refractivity contribution in [2.45, 2.75) is 81.0 Å². The third-order valence-corrected chi connectivity index (χ3v) is 17.1. The molecule has 4 aromatic heterocycles. The molecular formula is C104H108F4N16O8. The van der Waals surface area contributed by atoms with Gasteiger partial charge in [0, 0.05) is 177 Å². The lowest BCUT2D eigenvalue weighted by molar-refractivity contribution is -0.114. The van der Waals surface area contributed by atoms with Crippen LogP contribution in [0.25, 0.3) is 43.6 Å². The first-order valence-electron chi connectivity index (χ1n) is 59.5. The van der Waals surface area contributed by atoms with Crippen molar-refractivity contribution < 1.29 is 112 Å². The van der Waals surface area contributed by atoms with Gasteiger partial charge in [0.25, 0.3) is 0 Å². The number of benzene rings is 8. The summed E-state index contributed by atoms with van der Waals surface area (Å²) in [6, 6.07) is -9.09. The van der Waals surface area contributed by atoms with E-state index in [4.69, 9.17) is 75.1 Å². The van der Waals surface area contributed by atoms with E-state index in [1.54, 1.807) is 69.2 Å². The molecule has 0 radical (unpaired) electrons. The second-order valence-corrected chi connectivity index (χ2v) is 28.2. The van der Waals surface area contributed by atoms with Gasteiger partial charge >= 0.3 is 0 Å². The van der Waals surface area contributed by atoms with Gasteiger partial charge in [-0.15, -0.1) is 0 Å². The van der Waals surface area contributed by atoms with E-state index in [9.17, 15) is 57.8 Å². The number of aromatic nitrogens is 4. The fourth-order valence-electron chi connectivity index (χ4n) is 11.1. The minimum absolute atomic E-state index is 0.00538. The molecule has 28 heteroatoms. The number of hydrogen-bond donors (Lipinski definition) is 4. The summed E-state index contributed by atoms with van der Waals surface area (Å²) in [5.41, 5.74) is -9.57. The second-order valence-electron chi connectivity index (χ2n) is 28.2. The largest absolute Gasteiger partial charge is 0.494 e. The lowest BCUT2D eigenvalue weighted by Gasteiger charge is -2.15. The van der Waals surface area contributed by atoms with Gasteiger partial charge in [-0.2, -0.15) is 21.0 Å². The molecule has 680 valence electrons. The molecule has 0 aliphatic heterocycles. The first-order chi connectivity index (χ1) is 79.7. The number of allylic oxidation sites excluding steroid dienone is 4. The molecule has 4 heterocycles. The zero-order valence-corrected chi connectivity index (χ0v) is 73.4. The molecule has 0 atom stereocenters. The highest BCUT2D eigenvalue weighted by Gasteiger charge is 2.23. The Kier molecular flexibility index (Phi) is 21.2. The maximum absolute atomic E-state index is 14.4. The molecule has 132 heavy (non-hydrogen) atoms. The number of nitriles is 4. The van der Waals surface area contributed by atoms with Gasteiger partial charge < -0.3 is 59.8 Å². The highest BCUT2D eigenvalue weighted by molar-refractivity contribution is 6.03. The van der Waals surface area contributed by atoms with Crippen molar-refractivity contribution in [1.29, 1.82) is 21.0 Å². The molecule has 0 aliphatic rings. The van der Waals surface area contributed by atoms with Gasteiger partial charge in [0.2, 0.25) is 0 Å². The minimum Gasteiger partial charge on any atom is -0.494 e. The normalized spacial score (nSPS) is 16.6. The second kappa shape index (κ2) is 48.9. The van der Waals surface area contributed by atoms with Crippen molar-refractivity contribution in [2.75, 3.05) is 130 Å². The average Bonchev–Trinajstić information content (AvgIpc) is 0.722. The molecule has 8 aromatic carbocycles. The fraction of sp³-hybridized carbons (Fsp3) is 0.269. The molecule has 0 saturated heterocycles. The first kappa shape index (κ1) is 57.1. The van der Waals surface area contributed by atoms with E-state index in [2.05, 4.69) is 41.2 Å². The number of nitrogens with one attached hydrogen (secondary N) is 4. The predicted molar refractivity (Wildman–Crippen MR) is 514 cm³/mol. The van der Waals surface area contributed by atoms with E-state index in [0.29, 0.717) is 0 Å². The Balaban J connectivity index is 0.000000253. The van der Waals surface area contributed by atoms with E-state index in [-0.39, 0.29) is 103 Å². The quantitative estimate of drug-likeness (QED) is 0.0209. The Morgan fingerprint density at radius 3 is 0.864 bits per heavy atom. The molecule has 12 aromatic rings. The summed E-state index contributed by atoms with van der Waals surface area (Å²) in [6.07, 6.45) is -1.70. The number of anilines is 8. The van der Waals surface area contributed by atoms with Gasteiger partial charge in [-0.3, -0.25) is 39.1 Å². The van der Waals surface area contributed by atoms with Crippen LogP contribution < -0.4 is 40.2 Å². The summed E-state index contributed by atoms with van der Waals surface area (Å²) in [5.74, 6) is -10.3. The van der Waals surface area contributed by atoms with Crippen LogP contribution in [-0.4, -0.2) is 171 Å². The monoisotopic (exact) mass is 1830 g/mol. The van der Waals surface area contributed by atoms with Crippen LogP contribution in [-0.2, 0) is 44.9 Å². The Hall–Kier alpha value is -15.0. The number of fused-ring (bicyclic) bond motifs is 4. The van der Waals surface area contributed by atoms with Crippen molar-refractivity contribution in [1.82, 2.24) is 39.5 Å². The summed E-state index contributed by atoms with van der Waals surface area (Å²) in [5, 5.41) is 48.6. The number of rotatable bonds is 36. The highest BCUT2D eigenvalue weighted by Crippen LogP contribution is 2.40. The zero-order valence-electron chi connectivity index (χ0n) is 114. The predicted octanol–water partition coefficient (Wildman–Crippen LogP) is 19.7. The van der Waals surface area contributed by atoms with E-state index in [1.165, 1.54) is 68.0 Å². The van der Waals surface area contributed by atoms with Gasteiger partial charge in [-0.05, 0) is 255 Å². The van der Waals surface area contributed by atoms with Crippen LogP contribution in [0.2, 0.25) is 0 Å². The summed E-state index contributed by atoms with van der Waals surface area (Å²) < 4.78 is 415. The first-order valence-corrected chi connectivity index (χ1v) is 39.0. The van der Waals surface area contributed by atoms with Crippen LogP contribution in [0.1, 0.15) is 151 Å².